The molecule has 0 aromatic heterocycles. The van der Waals surface area contributed by atoms with E-state index in [0.717, 1.165) is 37.0 Å². The van der Waals surface area contributed by atoms with Gasteiger partial charge in [0.2, 0.25) is 11.8 Å². The molecule has 0 saturated carbocycles. The van der Waals surface area contributed by atoms with Crippen molar-refractivity contribution < 1.29 is 19.1 Å². The van der Waals surface area contributed by atoms with Gasteiger partial charge in [-0.3, -0.25) is 14.4 Å². The van der Waals surface area contributed by atoms with Crippen LogP contribution >= 0.6 is 0 Å². The molecule has 1 aromatic carbocycles. The summed E-state index contributed by atoms with van der Waals surface area (Å²) in [6.45, 7) is 7.69. The molecule has 2 amide bonds. The lowest BCUT2D eigenvalue weighted by molar-refractivity contribution is -0.149. The molecule has 0 N–H and O–H groups in total. The van der Waals surface area contributed by atoms with E-state index >= 15 is 0 Å². The highest BCUT2D eigenvalue weighted by Crippen LogP contribution is 2.19. The highest BCUT2D eigenvalue weighted by atomic mass is 16.5. The van der Waals surface area contributed by atoms with Crippen molar-refractivity contribution in [2.24, 2.45) is 5.92 Å². The second-order valence-electron chi connectivity index (χ2n) is 8.91. The molecule has 0 radical (unpaired) electrons. The molecule has 1 rings (SSSR count). The topological polar surface area (TPSA) is 66.9 Å². The molecule has 0 saturated heterocycles. The summed E-state index contributed by atoms with van der Waals surface area (Å²) < 4.78 is 5.21. The summed E-state index contributed by atoms with van der Waals surface area (Å²) in [5, 5.41) is 0. The molecule has 1 aromatic rings. The monoisotopic (exact) mass is 446 g/mol. The number of unbranched alkanes of at least 4 members (excludes halogenated alkanes) is 4. The van der Waals surface area contributed by atoms with Gasteiger partial charge in [0.05, 0.1) is 13.0 Å². The lowest BCUT2D eigenvalue weighted by Crippen LogP contribution is -2.52. The van der Waals surface area contributed by atoms with Crippen LogP contribution in [0.4, 0.5) is 0 Å². The van der Waals surface area contributed by atoms with E-state index in [4.69, 9.17) is 4.74 Å². The third kappa shape index (κ3) is 8.29. The number of Topliss-reactive ketones (excluding diaryl/α,β-unsaturated/α-hetero) is 1. The van der Waals surface area contributed by atoms with Crippen LogP contribution in [0.2, 0.25) is 0 Å². The SMILES string of the molecule is CCCCCCCC(=O)[C@@H](C)C(=O)N(C)[C@H](Cc1ccc(OC)cc1)C(=O)N(C)C(C)C. The van der Waals surface area contributed by atoms with Gasteiger partial charge < -0.3 is 14.5 Å². The zero-order valence-electron chi connectivity index (χ0n) is 21.0. The first-order chi connectivity index (χ1) is 15.1. The van der Waals surface area contributed by atoms with Crippen LogP contribution in [0.5, 0.6) is 5.75 Å². The standard InChI is InChI=1S/C26H42N2O4/c1-8-9-10-11-12-13-24(29)20(4)25(30)28(6)23(26(31)27(5)19(2)3)18-21-14-16-22(32-7)17-15-21/h14-17,19-20,23H,8-13,18H2,1-7H3/t20-,23-/m1/s1. The predicted molar refractivity (Wildman–Crippen MR) is 129 cm³/mol. The van der Waals surface area contributed by atoms with Crippen LogP contribution in [0, 0.1) is 5.92 Å². The fourth-order valence-electron chi connectivity index (χ4n) is 3.58. The van der Waals surface area contributed by atoms with Gasteiger partial charge in [-0.1, -0.05) is 44.7 Å². The molecule has 0 aliphatic carbocycles. The molecule has 0 fully saturated rings. The minimum atomic E-state index is -0.748. The van der Waals surface area contributed by atoms with Gasteiger partial charge in [0, 0.05) is 33.0 Å². The van der Waals surface area contributed by atoms with Gasteiger partial charge in [-0.15, -0.1) is 0 Å². The van der Waals surface area contributed by atoms with E-state index in [1.54, 1.807) is 33.0 Å². The van der Waals surface area contributed by atoms with Crippen molar-refractivity contribution >= 4 is 17.6 Å². The lowest BCUT2D eigenvalue weighted by Gasteiger charge is -2.33. The first-order valence-electron chi connectivity index (χ1n) is 11.8. The average Bonchev–Trinajstić information content (AvgIpc) is 2.80. The molecular formula is C26H42N2O4. The average molecular weight is 447 g/mol. The van der Waals surface area contributed by atoms with Gasteiger partial charge in [0.15, 0.2) is 0 Å². The summed E-state index contributed by atoms with van der Waals surface area (Å²) in [7, 11) is 4.98. The largest absolute Gasteiger partial charge is 0.497 e. The molecule has 6 heteroatoms. The first kappa shape index (κ1) is 27.7. The van der Waals surface area contributed by atoms with E-state index in [1.165, 1.54) is 11.3 Å². The Morgan fingerprint density at radius 1 is 0.875 bits per heavy atom. The predicted octanol–water partition coefficient (Wildman–Crippen LogP) is 4.50. The third-order valence-corrected chi connectivity index (χ3v) is 6.19. The second kappa shape index (κ2) is 13.9. The Bertz CT molecular complexity index is 730. The number of hydrogen-bond acceptors (Lipinski definition) is 4. The van der Waals surface area contributed by atoms with Crippen molar-refractivity contribution in [3.63, 3.8) is 0 Å². The summed E-state index contributed by atoms with van der Waals surface area (Å²) in [5.41, 5.74) is 0.927. The third-order valence-electron chi connectivity index (χ3n) is 6.19. The molecule has 0 unspecified atom stereocenters. The summed E-state index contributed by atoms with van der Waals surface area (Å²) in [5.74, 6) is -0.495. The molecule has 2 atom stereocenters. The Balaban J connectivity index is 2.94. The van der Waals surface area contributed by atoms with E-state index in [9.17, 15) is 14.4 Å². The van der Waals surface area contributed by atoms with Gasteiger partial charge in [0.25, 0.3) is 0 Å². The van der Waals surface area contributed by atoms with Crippen molar-refractivity contribution in [2.75, 3.05) is 21.2 Å². The molecule has 0 heterocycles. The fourth-order valence-corrected chi connectivity index (χ4v) is 3.58. The van der Waals surface area contributed by atoms with Crippen molar-refractivity contribution in [3.8, 4) is 5.75 Å². The fraction of sp³-hybridized carbons (Fsp3) is 0.654. The Labute approximate surface area is 194 Å². The molecule has 6 nitrogen and oxygen atoms in total. The molecule has 0 aliphatic heterocycles. The summed E-state index contributed by atoms with van der Waals surface area (Å²) in [4.78, 5) is 42.2. The van der Waals surface area contributed by atoms with Gasteiger partial charge >= 0.3 is 0 Å². The van der Waals surface area contributed by atoms with E-state index in [2.05, 4.69) is 6.92 Å². The van der Waals surface area contributed by atoms with Gasteiger partial charge in [-0.2, -0.15) is 0 Å². The number of nitrogens with zero attached hydrogens (tertiary/aromatic N) is 2. The highest BCUT2D eigenvalue weighted by Gasteiger charge is 2.34. The Morgan fingerprint density at radius 3 is 2.00 bits per heavy atom. The maximum absolute atomic E-state index is 13.2. The maximum atomic E-state index is 13.2. The number of carbonyl (C=O) groups excluding carboxylic acids is 3. The second-order valence-corrected chi connectivity index (χ2v) is 8.91. The summed E-state index contributed by atoms with van der Waals surface area (Å²) in [6, 6.07) is 6.81. The maximum Gasteiger partial charge on any atom is 0.245 e. The van der Waals surface area contributed by atoms with Crippen molar-refractivity contribution in [1.29, 1.82) is 0 Å². The number of likely N-dealkylation sites (N-methyl/N-ethyl adjacent to an activating group) is 2. The molecule has 0 aliphatic rings. The Morgan fingerprint density at radius 2 is 1.47 bits per heavy atom. The van der Waals surface area contributed by atoms with Crippen LogP contribution in [0.15, 0.2) is 24.3 Å². The first-order valence-corrected chi connectivity index (χ1v) is 11.8. The molecule has 180 valence electrons. The number of ketones is 1. The number of rotatable bonds is 14. The van der Waals surface area contributed by atoms with Crippen LogP contribution in [-0.2, 0) is 20.8 Å². The van der Waals surface area contributed by atoms with E-state index in [1.807, 2.05) is 38.1 Å². The smallest absolute Gasteiger partial charge is 0.245 e. The Kier molecular flexibility index (Phi) is 12.0. The van der Waals surface area contributed by atoms with Crippen LogP contribution in [0.3, 0.4) is 0 Å². The van der Waals surface area contributed by atoms with Crippen LogP contribution < -0.4 is 4.74 Å². The molecule has 32 heavy (non-hydrogen) atoms. The van der Waals surface area contributed by atoms with Crippen molar-refractivity contribution in [1.82, 2.24) is 9.80 Å². The normalized spacial score (nSPS) is 12.9. The van der Waals surface area contributed by atoms with Crippen molar-refractivity contribution in [3.05, 3.63) is 29.8 Å². The quantitative estimate of drug-likeness (QED) is 0.312. The van der Waals surface area contributed by atoms with Gasteiger partial charge in [-0.25, -0.2) is 0 Å². The number of amides is 2. The Hall–Kier alpha value is -2.37. The molecule has 0 spiro atoms. The number of methoxy groups -OCH3 is 1. The van der Waals surface area contributed by atoms with Crippen molar-refractivity contribution in [2.45, 2.75) is 84.7 Å². The minimum absolute atomic E-state index is 0.00606. The zero-order chi connectivity index (χ0) is 24.3. The van der Waals surface area contributed by atoms with Crippen LogP contribution in [0.25, 0.3) is 0 Å². The number of ether oxygens (including phenoxy) is 1. The summed E-state index contributed by atoms with van der Waals surface area (Å²) >= 11 is 0. The number of hydrogen-bond donors (Lipinski definition) is 0. The highest BCUT2D eigenvalue weighted by molar-refractivity contribution is 6.02. The molecule has 0 bridgehead atoms. The van der Waals surface area contributed by atoms with Gasteiger partial charge in [0.1, 0.15) is 17.6 Å². The van der Waals surface area contributed by atoms with Crippen LogP contribution in [0.1, 0.15) is 71.8 Å². The van der Waals surface area contributed by atoms with E-state index < -0.39 is 12.0 Å². The van der Waals surface area contributed by atoms with E-state index in [-0.39, 0.29) is 23.6 Å². The zero-order valence-corrected chi connectivity index (χ0v) is 21.0. The minimum Gasteiger partial charge on any atom is -0.497 e. The number of carbonyl (C=O) groups is 3. The van der Waals surface area contributed by atoms with Gasteiger partial charge in [-0.05, 0) is 44.9 Å². The summed E-state index contributed by atoms with van der Waals surface area (Å²) in [6.07, 6.45) is 6.05. The van der Waals surface area contributed by atoms with E-state index in [0.29, 0.717) is 12.8 Å². The lowest BCUT2D eigenvalue weighted by atomic mass is 9.97. The molecular weight excluding hydrogens is 404 g/mol. The van der Waals surface area contributed by atoms with Crippen LogP contribution in [-0.4, -0.2) is 60.7 Å². The number of benzene rings is 1.